The summed E-state index contributed by atoms with van der Waals surface area (Å²) < 4.78 is 5.35. The average Bonchev–Trinajstić information content (AvgIpc) is 2.58. The molecule has 0 radical (unpaired) electrons. The van der Waals surface area contributed by atoms with E-state index in [9.17, 15) is 4.79 Å². The largest absolute Gasteiger partial charge is 0.464 e. The minimum atomic E-state index is 0.131. The lowest BCUT2D eigenvalue weighted by Gasteiger charge is -2.25. The van der Waals surface area contributed by atoms with Gasteiger partial charge in [-0.25, -0.2) is 0 Å². The monoisotopic (exact) mass is 201 g/mol. The first kappa shape index (κ1) is 8.68. The van der Waals surface area contributed by atoms with Gasteiger partial charge in [-0.2, -0.15) is 0 Å². The van der Waals surface area contributed by atoms with Gasteiger partial charge in [0.1, 0.15) is 11.8 Å². The van der Waals surface area contributed by atoms with Crippen LogP contribution in [0.15, 0.2) is 34.9 Å². The predicted molar refractivity (Wildman–Crippen MR) is 56.9 cm³/mol. The zero-order valence-corrected chi connectivity index (χ0v) is 8.19. The van der Waals surface area contributed by atoms with E-state index in [1.54, 1.807) is 6.26 Å². The first-order chi connectivity index (χ1) is 7.36. The average molecular weight is 201 g/mol. The van der Waals surface area contributed by atoms with E-state index in [1.165, 1.54) is 0 Å². The molecule has 1 aliphatic rings. The van der Waals surface area contributed by atoms with E-state index in [2.05, 4.69) is 5.32 Å². The van der Waals surface area contributed by atoms with E-state index in [0.29, 0.717) is 0 Å². The van der Waals surface area contributed by atoms with Gasteiger partial charge < -0.3 is 9.73 Å². The lowest BCUT2D eigenvalue weighted by molar-refractivity contribution is 0.0879. The minimum absolute atomic E-state index is 0.131. The third kappa shape index (κ3) is 1.27. The van der Waals surface area contributed by atoms with Crippen LogP contribution in [0, 0.1) is 5.92 Å². The van der Waals surface area contributed by atoms with Gasteiger partial charge in [-0.3, -0.25) is 4.79 Å². The molecule has 15 heavy (non-hydrogen) atoms. The van der Waals surface area contributed by atoms with Gasteiger partial charge in [0.25, 0.3) is 0 Å². The number of carbonyl (C=O) groups excluding carboxylic acids is 1. The molecule has 3 heteroatoms. The van der Waals surface area contributed by atoms with Crippen LogP contribution in [0.2, 0.25) is 0 Å². The molecule has 1 saturated heterocycles. The van der Waals surface area contributed by atoms with Gasteiger partial charge in [0.2, 0.25) is 0 Å². The van der Waals surface area contributed by atoms with E-state index in [1.807, 2.05) is 24.3 Å². The Morgan fingerprint density at radius 1 is 1.33 bits per heavy atom. The highest BCUT2D eigenvalue weighted by molar-refractivity contribution is 6.08. The molecule has 0 atom stereocenters. The molecule has 1 aromatic carbocycles. The van der Waals surface area contributed by atoms with Gasteiger partial charge >= 0.3 is 0 Å². The summed E-state index contributed by atoms with van der Waals surface area (Å²) >= 11 is 0. The van der Waals surface area contributed by atoms with E-state index >= 15 is 0 Å². The Labute approximate surface area is 87.1 Å². The number of para-hydroxylation sites is 1. The summed E-state index contributed by atoms with van der Waals surface area (Å²) in [6, 6.07) is 7.64. The molecule has 0 unspecified atom stereocenters. The molecule has 0 saturated carbocycles. The van der Waals surface area contributed by atoms with Crippen molar-refractivity contribution < 1.29 is 9.21 Å². The highest BCUT2D eigenvalue weighted by Gasteiger charge is 2.27. The Bertz CT molecular complexity index is 511. The number of nitrogens with one attached hydrogen (secondary N) is 1. The number of fused-ring (bicyclic) bond motifs is 1. The van der Waals surface area contributed by atoms with Crippen molar-refractivity contribution in [1.82, 2.24) is 5.32 Å². The van der Waals surface area contributed by atoms with Crippen molar-refractivity contribution in [3.8, 4) is 0 Å². The smallest absolute Gasteiger partial charge is 0.172 e. The molecule has 1 fully saturated rings. The van der Waals surface area contributed by atoms with E-state index in [4.69, 9.17) is 4.42 Å². The van der Waals surface area contributed by atoms with Gasteiger partial charge in [-0.15, -0.1) is 0 Å². The number of Topliss-reactive ketones (excluding diaryl/α,β-unsaturated/α-hetero) is 1. The van der Waals surface area contributed by atoms with Gasteiger partial charge in [0.05, 0.1) is 5.56 Å². The van der Waals surface area contributed by atoms with Crippen molar-refractivity contribution in [2.75, 3.05) is 13.1 Å². The molecule has 76 valence electrons. The van der Waals surface area contributed by atoms with Crippen LogP contribution in [0.1, 0.15) is 10.4 Å². The summed E-state index contributed by atoms with van der Waals surface area (Å²) in [5.41, 5.74) is 1.50. The van der Waals surface area contributed by atoms with Gasteiger partial charge in [-0.1, -0.05) is 18.2 Å². The molecule has 1 aromatic heterocycles. The number of carbonyl (C=O) groups is 1. The van der Waals surface area contributed by atoms with E-state index in [0.717, 1.165) is 29.6 Å². The van der Waals surface area contributed by atoms with Crippen LogP contribution in [0.5, 0.6) is 0 Å². The number of furan rings is 1. The highest BCUT2D eigenvalue weighted by atomic mass is 16.3. The third-order valence-corrected chi connectivity index (χ3v) is 2.90. The Morgan fingerprint density at radius 3 is 2.87 bits per heavy atom. The number of rotatable bonds is 2. The summed E-state index contributed by atoms with van der Waals surface area (Å²) in [5.74, 6) is 0.324. The SMILES string of the molecule is O=C(c1coc2ccccc12)C1CNC1. The second kappa shape index (κ2) is 3.21. The number of hydrogen-bond donors (Lipinski definition) is 1. The zero-order valence-electron chi connectivity index (χ0n) is 8.19. The summed E-state index contributed by atoms with van der Waals surface area (Å²) in [6.07, 6.45) is 1.57. The van der Waals surface area contributed by atoms with Gasteiger partial charge in [0.15, 0.2) is 5.78 Å². The second-order valence-electron chi connectivity index (χ2n) is 3.86. The Balaban J connectivity index is 2.06. The lowest BCUT2D eigenvalue weighted by atomic mass is 9.93. The van der Waals surface area contributed by atoms with Crippen molar-refractivity contribution in [3.05, 3.63) is 36.1 Å². The zero-order chi connectivity index (χ0) is 10.3. The van der Waals surface area contributed by atoms with Crippen molar-refractivity contribution in [2.45, 2.75) is 0 Å². The Morgan fingerprint density at radius 2 is 2.13 bits per heavy atom. The van der Waals surface area contributed by atoms with E-state index in [-0.39, 0.29) is 11.7 Å². The molecule has 0 aliphatic carbocycles. The standard InChI is InChI=1S/C12H11NO2/c14-12(8-5-13-6-8)10-7-15-11-4-2-1-3-9(10)11/h1-4,7-8,13H,5-6H2. The quantitative estimate of drug-likeness (QED) is 0.754. The molecule has 1 aliphatic heterocycles. The van der Waals surface area contributed by atoms with Crippen LogP contribution in [-0.2, 0) is 0 Å². The first-order valence-corrected chi connectivity index (χ1v) is 5.07. The summed E-state index contributed by atoms with van der Waals surface area (Å²) in [6.45, 7) is 1.58. The summed E-state index contributed by atoms with van der Waals surface area (Å²) in [4.78, 5) is 12.0. The van der Waals surface area contributed by atoms with Crippen molar-refractivity contribution in [3.63, 3.8) is 0 Å². The fourth-order valence-electron chi connectivity index (χ4n) is 1.86. The fraction of sp³-hybridized carbons (Fsp3) is 0.250. The molecular formula is C12H11NO2. The maximum absolute atomic E-state index is 12.0. The third-order valence-electron chi connectivity index (χ3n) is 2.90. The van der Waals surface area contributed by atoms with Crippen LogP contribution < -0.4 is 5.32 Å². The Hall–Kier alpha value is -1.61. The van der Waals surface area contributed by atoms with E-state index < -0.39 is 0 Å². The Kier molecular flexibility index (Phi) is 1.86. The number of benzene rings is 1. The number of ketones is 1. The van der Waals surface area contributed by atoms with Crippen LogP contribution in [0.3, 0.4) is 0 Å². The molecule has 2 aromatic rings. The minimum Gasteiger partial charge on any atom is -0.464 e. The van der Waals surface area contributed by atoms with Crippen molar-refractivity contribution in [2.24, 2.45) is 5.92 Å². The maximum Gasteiger partial charge on any atom is 0.172 e. The van der Waals surface area contributed by atoms with Crippen LogP contribution in [0.4, 0.5) is 0 Å². The lowest BCUT2D eigenvalue weighted by Crippen LogP contribution is -2.46. The molecule has 0 amide bonds. The molecule has 3 nitrogen and oxygen atoms in total. The molecule has 2 heterocycles. The second-order valence-corrected chi connectivity index (χ2v) is 3.86. The maximum atomic E-state index is 12.0. The van der Waals surface area contributed by atoms with Crippen LogP contribution >= 0.6 is 0 Å². The normalized spacial score (nSPS) is 16.5. The predicted octanol–water partition coefficient (Wildman–Crippen LogP) is 1.83. The highest BCUT2D eigenvalue weighted by Crippen LogP contribution is 2.24. The molecule has 0 spiro atoms. The van der Waals surface area contributed by atoms with Crippen LogP contribution in [-0.4, -0.2) is 18.9 Å². The molecular weight excluding hydrogens is 190 g/mol. The van der Waals surface area contributed by atoms with Crippen molar-refractivity contribution >= 4 is 16.8 Å². The van der Waals surface area contributed by atoms with Crippen LogP contribution in [0.25, 0.3) is 11.0 Å². The van der Waals surface area contributed by atoms with Gasteiger partial charge in [0, 0.05) is 24.4 Å². The topological polar surface area (TPSA) is 42.2 Å². The molecule has 0 bridgehead atoms. The number of hydrogen-bond acceptors (Lipinski definition) is 3. The molecule has 3 rings (SSSR count). The summed E-state index contributed by atoms with van der Waals surface area (Å²) in [7, 11) is 0. The van der Waals surface area contributed by atoms with Crippen molar-refractivity contribution in [1.29, 1.82) is 0 Å². The molecule has 1 N–H and O–H groups in total. The van der Waals surface area contributed by atoms with Gasteiger partial charge in [-0.05, 0) is 6.07 Å². The summed E-state index contributed by atoms with van der Waals surface area (Å²) in [5, 5.41) is 4.03. The first-order valence-electron chi connectivity index (χ1n) is 5.07. The fourth-order valence-corrected chi connectivity index (χ4v) is 1.86.